The van der Waals surface area contributed by atoms with Crippen LogP contribution in [0.5, 0.6) is 5.75 Å². The lowest BCUT2D eigenvalue weighted by atomic mass is 10.1. The number of aromatic nitrogens is 6. The van der Waals surface area contributed by atoms with Gasteiger partial charge in [-0.25, -0.2) is 4.68 Å². The molecule has 2 heterocycles. The molecule has 2 N–H and O–H groups in total. The van der Waals surface area contributed by atoms with Gasteiger partial charge in [0, 0.05) is 23.7 Å². The first kappa shape index (κ1) is 19.2. The van der Waals surface area contributed by atoms with Crippen LogP contribution in [0, 0.1) is 0 Å². The highest BCUT2D eigenvalue weighted by molar-refractivity contribution is 6.03. The van der Waals surface area contributed by atoms with Gasteiger partial charge in [-0.2, -0.15) is 13.8 Å². The molecule has 0 aliphatic rings. The lowest BCUT2D eigenvalue weighted by molar-refractivity contribution is -0.0498. The molecule has 0 saturated heterocycles. The monoisotopic (exact) mass is 411 g/mol. The molecule has 0 saturated carbocycles. The normalized spacial score (nSPS) is 10.9. The standard InChI is InChI=1S/C19H15F2N7O2/c1-28-15(10-22-27-28)11-5-7-12(8-6-11)17(29)24-19-23-16(25-26-19)13-3-2-4-14(9-13)30-18(20)21/h2-10,18H,1H3,(H2,23,24,25,26,29). The van der Waals surface area contributed by atoms with Crippen LogP contribution in [0.15, 0.2) is 54.7 Å². The fourth-order valence-corrected chi connectivity index (χ4v) is 2.78. The topological polar surface area (TPSA) is 111 Å². The first-order valence-corrected chi connectivity index (χ1v) is 8.74. The van der Waals surface area contributed by atoms with Gasteiger partial charge in [-0.15, -0.1) is 10.2 Å². The number of H-pyrrole nitrogens is 1. The maximum atomic E-state index is 12.5. The highest BCUT2D eigenvalue weighted by Crippen LogP contribution is 2.23. The summed E-state index contributed by atoms with van der Waals surface area (Å²) in [7, 11) is 1.78. The van der Waals surface area contributed by atoms with Gasteiger partial charge >= 0.3 is 6.61 Å². The van der Waals surface area contributed by atoms with Gasteiger partial charge in [0.1, 0.15) is 5.75 Å². The molecule has 30 heavy (non-hydrogen) atoms. The molecule has 1 amide bonds. The Bertz CT molecular complexity index is 1170. The average molecular weight is 411 g/mol. The van der Waals surface area contributed by atoms with Gasteiger partial charge in [0.15, 0.2) is 5.82 Å². The van der Waals surface area contributed by atoms with Crippen molar-refractivity contribution in [2.45, 2.75) is 6.61 Å². The SMILES string of the molecule is Cn1nncc1-c1ccc(C(=O)Nc2n[nH]c(-c3cccc(OC(F)F)c3)n2)cc1. The predicted molar refractivity (Wildman–Crippen MR) is 103 cm³/mol. The first-order chi connectivity index (χ1) is 14.5. The van der Waals surface area contributed by atoms with Crippen molar-refractivity contribution in [2.24, 2.45) is 7.05 Å². The second-order valence-corrected chi connectivity index (χ2v) is 6.19. The van der Waals surface area contributed by atoms with E-state index in [1.165, 1.54) is 12.1 Å². The molecule has 2 aromatic carbocycles. The van der Waals surface area contributed by atoms with Gasteiger partial charge in [0.25, 0.3) is 5.91 Å². The number of nitrogens with one attached hydrogen (secondary N) is 2. The third-order valence-electron chi connectivity index (χ3n) is 4.20. The summed E-state index contributed by atoms with van der Waals surface area (Å²) in [5.74, 6) is -0.0580. The van der Waals surface area contributed by atoms with Crippen LogP contribution in [-0.4, -0.2) is 42.7 Å². The van der Waals surface area contributed by atoms with Crippen molar-refractivity contribution in [3.63, 3.8) is 0 Å². The first-order valence-electron chi connectivity index (χ1n) is 8.74. The van der Waals surface area contributed by atoms with E-state index in [4.69, 9.17) is 0 Å². The smallest absolute Gasteiger partial charge is 0.387 e. The molecule has 0 aliphatic heterocycles. The molecule has 4 rings (SSSR count). The number of hydrogen-bond donors (Lipinski definition) is 2. The lowest BCUT2D eigenvalue weighted by Gasteiger charge is -2.05. The number of aryl methyl sites for hydroxylation is 1. The van der Waals surface area contributed by atoms with Gasteiger partial charge in [0.2, 0.25) is 5.95 Å². The lowest BCUT2D eigenvalue weighted by Crippen LogP contribution is -2.12. The van der Waals surface area contributed by atoms with Crippen molar-refractivity contribution in [1.29, 1.82) is 0 Å². The molecule has 11 heteroatoms. The van der Waals surface area contributed by atoms with Crippen LogP contribution in [0.25, 0.3) is 22.6 Å². The zero-order valence-corrected chi connectivity index (χ0v) is 15.6. The Morgan fingerprint density at radius 2 is 1.97 bits per heavy atom. The number of amides is 1. The van der Waals surface area contributed by atoms with Crippen LogP contribution in [0.2, 0.25) is 0 Å². The summed E-state index contributed by atoms with van der Waals surface area (Å²) in [4.78, 5) is 16.6. The largest absolute Gasteiger partial charge is 0.435 e. The Morgan fingerprint density at radius 1 is 1.17 bits per heavy atom. The Morgan fingerprint density at radius 3 is 2.67 bits per heavy atom. The third kappa shape index (κ3) is 4.14. The Hall–Kier alpha value is -4.15. The number of aromatic amines is 1. The third-order valence-corrected chi connectivity index (χ3v) is 4.20. The second-order valence-electron chi connectivity index (χ2n) is 6.19. The summed E-state index contributed by atoms with van der Waals surface area (Å²) in [5.41, 5.74) is 2.58. The molecule has 0 radical (unpaired) electrons. The molecule has 152 valence electrons. The quantitative estimate of drug-likeness (QED) is 0.504. The molecule has 0 spiro atoms. The zero-order valence-electron chi connectivity index (χ0n) is 15.6. The minimum atomic E-state index is -2.93. The van der Waals surface area contributed by atoms with E-state index in [1.54, 1.807) is 54.3 Å². The molecule has 9 nitrogen and oxygen atoms in total. The summed E-state index contributed by atoms with van der Waals surface area (Å²) < 4.78 is 30.8. The molecule has 0 unspecified atom stereocenters. The number of halogens is 2. The van der Waals surface area contributed by atoms with E-state index in [0.29, 0.717) is 17.0 Å². The molecular weight excluding hydrogens is 396 g/mol. The van der Waals surface area contributed by atoms with Crippen molar-refractivity contribution in [2.75, 3.05) is 5.32 Å². The Balaban J connectivity index is 1.46. The molecule has 0 atom stereocenters. The van der Waals surface area contributed by atoms with E-state index in [1.807, 2.05) is 0 Å². The van der Waals surface area contributed by atoms with E-state index >= 15 is 0 Å². The van der Waals surface area contributed by atoms with E-state index in [9.17, 15) is 13.6 Å². The summed E-state index contributed by atoms with van der Waals surface area (Å²) in [5, 5.41) is 16.9. The Kier molecular flexibility index (Phi) is 5.16. The molecule has 0 bridgehead atoms. The minimum Gasteiger partial charge on any atom is -0.435 e. The number of hydrogen-bond acceptors (Lipinski definition) is 6. The summed E-state index contributed by atoms with van der Waals surface area (Å²) >= 11 is 0. The van der Waals surface area contributed by atoms with Crippen molar-refractivity contribution < 1.29 is 18.3 Å². The average Bonchev–Trinajstić information content (AvgIpc) is 3.37. The minimum absolute atomic E-state index is 0.00630. The molecule has 2 aromatic heterocycles. The van der Waals surface area contributed by atoms with Crippen LogP contribution < -0.4 is 10.1 Å². The van der Waals surface area contributed by atoms with Crippen LogP contribution >= 0.6 is 0 Å². The van der Waals surface area contributed by atoms with Crippen LogP contribution in [0.3, 0.4) is 0 Å². The maximum Gasteiger partial charge on any atom is 0.387 e. The molecular formula is C19H15F2N7O2. The fourth-order valence-electron chi connectivity index (χ4n) is 2.78. The zero-order chi connectivity index (χ0) is 21.1. The number of rotatable bonds is 6. The van der Waals surface area contributed by atoms with Crippen molar-refractivity contribution >= 4 is 11.9 Å². The fraction of sp³-hybridized carbons (Fsp3) is 0.105. The maximum absolute atomic E-state index is 12.5. The van der Waals surface area contributed by atoms with E-state index < -0.39 is 12.5 Å². The van der Waals surface area contributed by atoms with Gasteiger partial charge in [0.05, 0.1) is 11.9 Å². The number of anilines is 1. The number of carbonyl (C=O) groups excluding carboxylic acids is 1. The van der Waals surface area contributed by atoms with Crippen molar-refractivity contribution in [3.05, 3.63) is 60.3 Å². The van der Waals surface area contributed by atoms with Crippen LogP contribution in [0.4, 0.5) is 14.7 Å². The number of alkyl halides is 2. The van der Waals surface area contributed by atoms with Crippen molar-refractivity contribution in [1.82, 2.24) is 30.2 Å². The second kappa shape index (κ2) is 8.07. The number of nitrogens with zero attached hydrogens (tertiary/aromatic N) is 5. The van der Waals surface area contributed by atoms with Gasteiger partial charge in [-0.05, 0) is 24.3 Å². The van der Waals surface area contributed by atoms with Crippen LogP contribution in [0.1, 0.15) is 10.4 Å². The summed E-state index contributed by atoms with van der Waals surface area (Å²) in [6.07, 6.45) is 1.63. The highest BCUT2D eigenvalue weighted by Gasteiger charge is 2.13. The van der Waals surface area contributed by atoms with E-state index in [2.05, 4.69) is 35.5 Å². The van der Waals surface area contributed by atoms with Gasteiger partial charge in [-0.1, -0.05) is 29.5 Å². The van der Waals surface area contributed by atoms with E-state index in [0.717, 1.165) is 11.3 Å². The van der Waals surface area contributed by atoms with Gasteiger partial charge in [-0.3, -0.25) is 15.2 Å². The van der Waals surface area contributed by atoms with Crippen LogP contribution in [-0.2, 0) is 7.05 Å². The molecule has 4 aromatic rings. The summed E-state index contributed by atoms with van der Waals surface area (Å²) in [6, 6.07) is 12.9. The number of ether oxygens (including phenoxy) is 1. The number of benzene rings is 2. The summed E-state index contributed by atoms with van der Waals surface area (Å²) in [6.45, 7) is -2.93. The van der Waals surface area contributed by atoms with Gasteiger partial charge < -0.3 is 4.74 Å². The number of carbonyl (C=O) groups is 1. The molecule has 0 aliphatic carbocycles. The Labute approximate surface area is 168 Å². The molecule has 0 fully saturated rings. The predicted octanol–water partition coefficient (Wildman–Crippen LogP) is 3.12. The highest BCUT2D eigenvalue weighted by atomic mass is 19.3. The van der Waals surface area contributed by atoms with E-state index in [-0.39, 0.29) is 11.7 Å². The van der Waals surface area contributed by atoms with Crippen molar-refractivity contribution in [3.8, 4) is 28.4 Å².